The second kappa shape index (κ2) is 7.22. The van der Waals surface area contributed by atoms with Gasteiger partial charge in [-0.25, -0.2) is 4.79 Å². The standard InChI is InChI=1S/C17H22N2O3/c1-4-18(2)10-7-11-19-12-14(16(20)17(21)22-3)13-8-5-6-9-15(13)19/h5-6,8-9,12H,4,7,10-11H2,1-3H3. The van der Waals surface area contributed by atoms with Gasteiger partial charge < -0.3 is 14.2 Å². The molecular formula is C17H22N2O3. The number of para-hydroxylation sites is 1. The number of benzene rings is 1. The van der Waals surface area contributed by atoms with Gasteiger partial charge in [-0.2, -0.15) is 0 Å². The van der Waals surface area contributed by atoms with E-state index in [9.17, 15) is 9.59 Å². The quantitative estimate of drug-likeness (QED) is 0.447. The first-order valence-corrected chi connectivity index (χ1v) is 7.47. The van der Waals surface area contributed by atoms with Crippen LogP contribution in [0.4, 0.5) is 0 Å². The number of rotatable bonds is 7. The summed E-state index contributed by atoms with van der Waals surface area (Å²) in [5.41, 5.74) is 1.38. The molecule has 118 valence electrons. The zero-order valence-corrected chi connectivity index (χ0v) is 13.3. The molecule has 5 nitrogen and oxygen atoms in total. The van der Waals surface area contributed by atoms with Gasteiger partial charge in [0.2, 0.25) is 0 Å². The first-order valence-electron chi connectivity index (χ1n) is 7.47. The maximum Gasteiger partial charge on any atom is 0.379 e. The van der Waals surface area contributed by atoms with E-state index >= 15 is 0 Å². The molecule has 0 aliphatic carbocycles. The summed E-state index contributed by atoms with van der Waals surface area (Å²) in [5.74, 6) is -1.42. The fourth-order valence-electron chi connectivity index (χ4n) is 2.48. The Labute approximate surface area is 130 Å². The summed E-state index contributed by atoms with van der Waals surface area (Å²) in [6.07, 6.45) is 2.74. The fourth-order valence-corrected chi connectivity index (χ4v) is 2.48. The minimum absolute atomic E-state index is 0.409. The Morgan fingerprint density at radius 3 is 2.68 bits per heavy atom. The van der Waals surface area contributed by atoms with E-state index in [0.717, 1.165) is 37.0 Å². The Morgan fingerprint density at radius 1 is 1.27 bits per heavy atom. The van der Waals surface area contributed by atoms with Gasteiger partial charge in [0.25, 0.3) is 5.78 Å². The predicted octanol–water partition coefficient (Wildman–Crippen LogP) is 2.34. The normalized spacial score (nSPS) is 11.1. The largest absolute Gasteiger partial charge is 0.463 e. The Morgan fingerprint density at radius 2 is 2.00 bits per heavy atom. The molecule has 1 aromatic heterocycles. The van der Waals surface area contributed by atoms with Crippen LogP contribution in [0.2, 0.25) is 0 Å². The van der Waals surface area contributed by atoms with E-state index in [0.29, 0.717) is 5.56 Å². The van der Waals surface area contributed by atoms with Crippen molar-refractivity contribution >= 4 is 22.7 Å². The number of methoxy groups -OCH3 is 1. The summed E-state index contributed by atoms with van der Waals surface area (Å²) in [7, 11) is 3.31. The van der Waals surface area contributed by atoms with E-state index in [4.69, 9.17) is 0 Å². The van der Waals surface area contributed by atoms with Gasteiger partial charge in [0.1, 0.15) is 0 Å². The Hall–Kier alpha value is -2.14. The average molecular weight is 302 g/mol. The second-order valence-corrected chi connectivity index (χ2v) is 5.32. The third-order valence-corrected chi connectivity index (χ3v) is 3.88. The summed E-state index contributed by atoms with van der Waals surface area (Å²) in [6.45, 7) is 4.93. The number of nitrogens with zero attached hydrogens (tertiary/aromatic N) is 2. The van der Waals surface area contributed by atoms with Crippen LogP contribution in [0.3, 0.4) is 0 Å². The highest BCUT2D eigenvalue weighted by atomic mass is 16.5. The van der Waals surface area contributed by atoms with Gasteiger partial charge in [-0.15, -0.1) is 0 Å². The second-order valence-electron chi connectivity index (χ2n) is 5.32. The number of hydrogen-bond acceptors (Lipinski definition) is 4. The van der Waals surface area contributed by atoms with Gasteiger partial charge in [-0.05, 0) is 32.6 Å². The van der Waals surface area contributed by atoms with Gasteiger partial charge in [0, 0.05) is 23.6 Å². The lowest BCUT2D eigenvalue weighted by Gasteiger charge is -2.13. The molecule has 0 N–H and O–H groups in total. The van der Waals surface area contributed by atoms with Crippen molar-refractivity contribution in [2.45, 2.75) is 19.9 Å². The fraction of sp³-hybridized carbons (Fsp3) is 0.412. The zero-order valence-electron chi connectivity index (χ0n) is 13.3. The summed E-state index contributed by atoms with van der Waals surface area (Å²) < 4.78 is 6.58. The number of ketones is 1. The van der Waals surface area contributed by atoms with Crippen molar-refractivity contribution in [1.82, 2.24) is 9.47 Å². The SMILES string of the molecule is CCN(C)CCCn1cc(C(=O)C(=O)OC)c2ccccc21. The van der Waals surface area contributed by atoms with E-state index in [1.54, 1.807) is 6.20 Å². The third kappa shape index (κ3) is 3.36. The number of aryl methyl sites for hydroxylation is 1. The van der Waals surface area contributed by atoms with E-state index in [1.165, 1.54) is 7.11 Å². The molecule has 0 atom stereocenters. The molecule has 0 unspecified atom stereocenters. The van der Waals surface area contributed by atoms with E-state index in [1.807, 2.05) is 28.8 Å². The van der Waals surface area contributed by atoms with Gasteiger partial charge in [-0.3, -0.25) is 4.79 Å². The van der Waals surface area contributed by atoms with Crippen LogP contribution in [0, 0.1) is 0 Å². The number of Topliss-reactive ketones (excluding diaryl/α,β-unsaturated/α-hetero) is 1. The molecule has 0 saturated heterocycles. The molecule has 0 bridgehead atoms. The maximum atomic E-state index is 12.1. The molecule has 0 radical (unpaired) electrons. The molecule has 0 aliphatic heterocycles. The summed E-state index contributed by atoms with van der Waals surface area (Å²) >= 11 is 0. The minimum Gasteiger partial charge on any atom is -0.463 e. The van der Waals surface area contributed by atoms with Gasteiger partial charge >= 0.3 is 5.97 Å². The van der Waals surface area contributed by atoms with Crippen molar-refractivity contribution in [2.24, 2.45) is 0 Å². The summed E-state index contributed by atoms with van der Waals surface area (Å²) in [4.78, 5) is 25.9. The highest BCUT2D eigenvalue weighted by molar-refractivity contribution is 6.42. The van der Waals surface area contributed by atoms with Crippen molar-refractivity contribution < 1.29 is 14.3 Å². The molecule has 2 rings (SSSR count). The molecule has 0 spiro atoms. The first-order chi connectivity index (χ1) is 10.6. The smallest absolute Gasteiger partial charge is 0.379 e. The van der Waals surface area contributed by atoms with Crippen LogP contribution in [0.15, 0.2) is 30.5 Å². The van der Waals surface area contributed by atoms with Gasteiger partial charge in [0.15, 0.2) is 0 Å². The van der Waals surface area contributed by atoms with Gasteiger partial charge in [0.05, 0.1) is 12.7 Å². The van der Waals surface area contributed by atoms with Crippen LogP contribution in [0.25, 0.3) is 10.9 Å². The molecule has 2 aromatic rings. The number of ether oxygens (including phenoxy) is 1. The highest BCUT2D eigenvalue weighted by Crippen LogP contribution is 2.22. The minimum atomic E-state index is -0.825. The zero-order chi connectivity index (χ0) is 16.1. The Balaban J connectivity index is 2.28. The van der Waals surface area contributed by atoms with Crippen LogP contribution in [0.1, 0.15) is 23.7 Å². The van der Waals surface area contributed by atoms with Crippen LogP contribution in [-0.2, 0) is 16.1 Å². The van der Waals surface area contributed by atoms with Crippen molar-refractivity contribution in [3.05, 3.63) is 36.0 Å². The molecule has 0 aliphatic rings. The summed E-state index contributed by atoms with van der Waals surface area (Å²) in [5, 5.41) is 0.793. The van der Waals surface area contributed by atoms with Crippen LogP contribution < -0.4 is 0 Å². The average Bonchev–Trinajstić information content (AvgIpc) is 2.92. The number of carbonyl (C=O) groups excluding carboxylic acids is 2. The highest BCUT2D eigenvalue weighted by Gasteiger charge is 2.21. The molecule has 0 fully saturated rings. The monoisotopic (exact) mass is 302 g/mol. The number of carbonyl (C=O) groups is 2. The number of hydrogen-bond donors (Lipinski definition) is 0. The number of aromatic nitrogens is 1. The Kier molecular flexibility index (Phi) is 5.33. The van der Waals surface area contributed by atoms with Gasteiger partial charge in [-0.1, -0.05) is 25.1 Å². The molecule has 0 saturated carbocycles. The van der Waals surface area contributed by atoms with E-state index in [2.05, 4.69) is 23.6 Å². The third-order valence-electron chi connectivity index (χ3n) is 3.88. The lowest BCUT2D eigenvalue weighted by Crippen LogP contribution is -2.20. The molecular weight excluding hydrogens is 280 g/mol. The lowest BCUT2D eigenvalue weighted by molar-refractivity contribution is -0.135. The van der Waals surface area contributed by atoms with Crippen LogP contribution in [-0.4, -0.2) is 48.5 Å². The predicted molar refractivity (Wildman–Crippen MR) is 86.1 cm³/mol. The molecule has 1 aromatic carbocycles. The van der Waals surface area contributed by atoms with Crippen LogP contribution >= 0.6 is 0 Å². The van der Waals surface area contributed by atoms with E-state index in [-0.39, 0.29) is 0 Å². The van der Waals surface area contributed by atoms with Crippen LogP contribution in [0.5, 0.6) is 0 Å². The maximum absolute atomic E-state index is 12.1. The number of fused-ring (bicyclic) bond motifs is 1. The number of esters is 1. The molecule has 5 heteroatoms. The van der Waals surface area contributed by atoms with Crippen molar-refractivity contribution in [3.8, 4) is 0 Å². The first kappa shape index (κ1) is 16.2. The van der Waals surface area contributed by atoms with Crippen molar-refractivity contribution in [2.75, 3.05) is 27.2 Å². The molecule has 1 heterocycles. The molecule has 22 heavy (non-hydrogen) atoms. The molecule has 0 amide bonds. The van der Waals surface area contributed by atoms with Crippen molar-refractivity contribution in [1.29, 1.82) is 0 Å². The van der Waals surface area contributed by atoms with Crippen molar-refractivity contribution in [3.63, 3.8) is 0 Å². The topological polar surface area (TPSA) is 51.5 Å². The lowest BCUT2D eigenvalue weighted by atomic mass is 10.1. The van der Waals surface area contributed by atoms with E-state index < -0.39 is 11.8 Å². The summed E-state index contributed by atoms with van der Waals surface area (Å²) in [6, 6.07) is 7.63. The Bertz CT molecular complexity index is 676.